The second kappa shape index (κ2) is 2.53. The van der Waals surface area contributed by atoms with Crippen LogP contribution in [-0.2, 0) is 19.0 Å². The van der Waals surface area contributed by atoms with E-state index in [2.05, 4.69) is 0 Å². The molecule has 0 aromatic carbocycles. The van der Waals surface area contributed by atoms with E-state index in [0.717, 1.165) is 0 Å². The number of fused-ring (bicyclic) bond motifs is 4. The first kappa shape index (κ1) is 9.57. The molecule has 2 heterocycles. The van der Waals surface area contributed by atoms with E-state index >= 15 is 0 Å². The summed E-state index contributed by atoms with van der Waals surface area (Å²) in [6.45, 7) is 3.65. The monoisotopic (exact) mass is 214 g/mol. The molecule has 15 heavy (non-hydrogen) atoms. The molecule has 0 amide bonds. The summed E-state index contributed by atoms with van der Waals surface area (Å²) < 4.78 is 16.4. The van der Waals surface area contributed by atoms with Gasteiger partial charge in [0.15, 0.2) is 11.4 Å². The third-order valence-corrected chi connectivity index (χ3v) is 3.30. The molecule has 2 bridgehead atoms. The van der Waals surface area contributed by atoms with Crippen molar-refractivity contribution in [1.29, 1.82) is 0 Å². The van der Waals surface area contributed by atoms with Gasteiger partial charge in [0.05, 0.1) is 6.10 Å². The van der Waals surface area contributed by atoms with Crippen LogP contribution in [0.1, 0.15) is 26.7 Å². The van der Waals surface area contributed by atoms with Crippen molar-refractivity contribution in [3.8, 4) is 0 Å². The van der Waals surface area contributed by atoms with Crippen LogP contribution in [-0.4, -0.2) is 40.8 Å². The topological polar surface area (TPSA) is 65.0 Å². The molecule has 2 aliphatic heterocycles. The highest BCUT2D eigenvalue weighted by Crippen LogP contribution is 2.46. The summed E-state index contributed by atoms with van der Waals surface area (Å²) in [5.41, 5.74) is -1.35. The maximum atomic E-state index is 11.4. The number of hydrogen-bond donors (Lipinski definition) is 1. The van der Waals surface area contributed by atoms with Crippen LogP contribution in [0.25, 0.3) is 0 Å². The number of ether oxygens (including phenoxy) is 3. The van der Waals surface area contributed by atoms with Crippen molar-refractivity contribution >= 4 is 5.97 Å². The quantitative estimate of drug-likeness (QED) is 0.573. The van der Waals surface area contributed by atoms with Crippen LogP contribution in [0.15, 0.2) is 0 Å². The largest absolute Gasteiger partial charge is 0.457 e. The minimum absolute atomic E-state index is 0.230. The fourth-order valence-electron chi connectivity index (χ4n) is 2.72. The van der Waals surface area contributed by atoms with Crippen molar-refractivity contribution < 1.29 is 24.1 Å². The van der Waals surface area contributed by atoms with Gasteiger partial charge in [0.25, 0.3) is 0 Å². The van der Waals surface area contributed by atoms with Crippen LogP contribution in [0, 0.1) is 0 Å². The zero-order valence-electron chi connectivity index (χ0n) is 8.73. The van der Waals surface area contributed by atoms with Crippen molar-refractivity contribution in [2.45, 2.75) is 56.4 Å². The van der Waals surface area contributed by atoms with Gasteiger partial charge in [-0.05, 0) is 13.8 Å². The second-order valence-electron chi connectivity index (χ2n) is 5.02. The standard InChI is InChI=1S/C10H14O5/c1-9(2)14-6-4-10(12)3-5(7(6)15-9)13-8(10)11/h5-7,12H,3-4H2,1-2H3/t5-,6-,7+,10+/m1/s1. The molecule has 3 fully saturated rings. The summed E-state index contributed by atoms with van der Waals surface area (Å²) in [5, 5.41) is 10.00. The zero-order chi connectivity index (χ0) is 10.8. The van der Waals surface area contributed by atoms with Gasteiger partial charge in [0, 0.05) is 12.8 Å². The molecule has 3 rings (SSSR count). The second-order valence-corrected chi connectivity index (χ2v) is 5.02. The predicted molar refractivity (Wildman–Crippen MR) is 47.9 cm³/mol. The highest BCUT2D eigenvalue weighted by atomic mass is 16.8. The average molecular weight is 214 g/mol. The molecule has 3 aliphatic rings. The van der Waals surface area contributed by atoms with Crippen molar-refractivity contribution in [3.63, 3.8) is 0 Å². The minimum Gasteiger partial charge on any atom is -0.457 e. The van der Waals surface area contributed by atoms with E-state index in [9.17, 15) is 9.90 Å². The van der Waals surface area contributed by atoms with Gasteiger partial charge in [-0.3, -0.25) is 0 Å². The molecule has 0 radical (unpaired) electrons. The Bertz CT molecular complexity index is 326. The van der Waals surface area contributed by atoms with E-state index < -0.39 is 17.4 Å². The Morgan fingerprint density at radius 3 is 2.67 bits per heavy atom. The lowest BCUT2D eigenvalue weighted by Crippen LogP contribution is -2.47. The highest BCUT2D eigenvalue weighted by molar-refractivity contribution is 5.82. The lowest BCUT2D eigenvalue weighted by molar-refractivity contribution is -0.171. The fourth-order valence-corrected chi connectivity index (χ4v) is 2.72. The summed E-state index contributed by atoms with van der Waals surface area (Å²) in [5.74, 6) is -1.19. The lowest BCUT2D eigenvalue weighted by atomic mass is 9.82. The van der Waals surface area contributed by atoms with E-state index in [-0.39, 0.29) is 24.7 Å². The minimum atomic E-state index is -1.35. The Morgan fingerprint density at radius 1 is 1.27 bits per heavy atom. The van der Waals surface area contributed by atoms with Gasteiger partial charge in [0.2, 0.25) is 0 Å². The molecule has 5 heteroatoms. The van der Waals surface area contributed by atoms with Crippen molar-refractivity contribution in [2.24, 2.45) is 0 Å². The number of hydrogen-bond acceptors (Lipinski definition) is 5. The Hall–Kier alpha value is -0.650. The SMILES string of the molecule is CC1(C)O[C@H]2[C@H]3C[C@](O)(C[C@H]2O1)C(=O)O3. The molecule has 1 aliphatic carbocycles. The zero-order valence-corrected chi connectivity index (χ0v) is 8.73. The summed E-state index contributed by atoms with van der Waals surface area (Å²) in [7, 11) is 0. The van der Waals surface area contributed by atoms with Crippen LogP contribution < -0.4 is 0 Å². The lowest BCUT2D eigenvalue weighted by Gasteiger charge is -2.29. The van der Waals surface area contributed by atoms with Crippen LogP contribution >= 0.6 is 0 Å². The number of aliphatic hydroxyl groups is 1. The van der Waals surface area contributed by atoms with E-state index in [1.165, 1.54) is 0 Å². The fraction of sp³-hybridized carbons (Fsp3) is 0.900. The maximum absolute atomic E-state index is 11.4. The number of carbonyl (C=O) groups is 1. The van der Waals surface area contributed by atoms with Gasteiger partial charge in [-0.15, -0.1) is 0 Å². The first-order chi connectivity index (χ1) is 6.90. The van der Waals surface area contributed by atoms with Crippen LogP contribution in [0.4, 0.5) is 0 Å². The molecular weight excluding hydrogens is 200 g/mol. The van der Waals surface area contributed by atoms with Crippen molar-refractivity contribution in [3.05, 3.63) is 0 Å². The van der Waals surface area contributed by atoms with Gasteiger partial charge in [-0.2, -0.15) is 0 Å². The Morgan fingerprint density at radius 2 is 1.93 bits per heavy atom. The summed E-state index contributed by atoms with van der Waals surface area (Å²) in [6.07, 6.45) is -0.229. The van der Waals surface area contributed by atoms with E-state index in [1.54, 1.807) is 0 Å². The van der Waals surface area contributed by atoms with Gasteiger partial charge in [-0.25, -0.2) is 4.79 Å². The third kappa shape index (κ3) is 1.23. The first-order valence-corrected chi connectivity index (χ1v) is 5.19. The van der Waals surface area contributed by atoms with Crippen LogP contribution in [0.3, 0.4) is 0 Å². The number of rotatable bonds is 0. The smallest absolute Gasteiger partial charge is 0.338 e. The molecule has 0 aromatic rings. The third-order valence-electron chi connectivity index (χ3n) is 3.30. The molecule has 2 saturated heterocycles. The molecule has 4 atom stereocenters. The Labute approximate surface area is 87.3 Å². The summed E-state index contributed by atoms with van der Waals surface area (Å²) in [4.78, 5) is 11.4. The van der Waals surface area contributed by atoms with Gasteiger partial charge in [-0.1, -0.05) is 0 Å². The Kier molecular flexibility index (Phi) is 1.62. The predicted octanol–water partition coefficient (Wildman–Crippen LogP) is -0.0432. The molecule has 0 aromatic heterocycles. The van der Waals surface area contributed by atoms with E-state index in [1.807, 2.05) is 13.8 Å². The summed E-state index contributed by atoms with van der Waals surface area (Å²) in [6, 6.07) is 0. The van der Waals surface area contributed by atoms with Gasteiger partial charge >= 0.3 is 5.97 Å². The van der Waals surface area contributed by atoms with Crippen molar-refractivity contribution in [1.82, 2.24) is 0 Å². The normalized spacial score (nSPS) is 51.4. The average Bonchev–Trinajstić information content (AvgIpc) is 2.50. The van der Waals surface area contributed by atoms with Crippen LogP contribution in [0.2, 0.25) is 0 Å². The molecule has 5 nitrogen and oxygen atoms in total. The number of carbonyl (C=O) groups excluding carboxylic acids is 1. The Balaban J connectivity index is 1.90. The highest BCUT2D eigenvalue weighted by Gasteiger charge is 2.62. The first-order valence-electron chi connectivity index (χ1n) is 5.19. The molecular formula is C10H14O5. The molecule has 0 spiro atoms. The van der Waals surface area contributed by atoms with Crippen LogP contribution in [0.5, 0.6) is 0 Å². The molecule has 1 saturated carbocycles. The maximum Gasteiger partial charge on any atom is 0.338 e. The summed E-state index contributed by atoms with van der Waals surface area (Å²) >= 11 is 0. The van der Waals surface area contributed by atoms with E-state index in [0.29, 0.717) is 6.42 Å². The molecule has 84 valence electrons. The van der Waals surface area contributed by atoms with E-state index in [4.69, 9.17) is 14.2 Å². The molecule has 1 N–H and O–H groups in total. The van der Waals surface area contributed by atoms with Gasteiger partial charge in [0.1, 0.15) is 12.2 Å². The molecule has 0 unspecified atom stereocenters. The number of esters is 1. The van der Waals surface area contributed by atoms with Crippen molar-refractivity contribution in [2.75, 3.05) is 0 Å². The van der Waals surface area contributed by atoms with Gasteiger partial charge < -0.3 is 19.3 Å².